The van der Waals surface area contributed by atoms with E-state index in [0.29, 0.717) is 12.0 Å². The summed E-state index contributed by atoms with van der Waals surface area (Å²) in [7, 11) is 0. The minimum atomic E-state index is 0.653. The second kappa shape index (κ2) is 5.61. The van der Waals surface area contributed by atoms with E-state index in [1.165, 1.54) is 18.5 Å². The molecule has 2 atom stereocenters. The average Bonchev–Trinajstić information content (AvgIpc) is 2.32. The topological polar surface area (TPSA) is 42.1 Å². The van der Waals surface area contributed by atoms with Crippen LogP contribution in [0.15, 0.2) is 18.2 Å². The Morgan fingerprint density at radius 1 is 1.41 bits per heavy atom. The van der Waals surface area contributed by atoms with E-state index in [2.05, 4.69) is 28.9 Å². The van der Waals surface area contributed by atoms with Crippen molar-refractivity contribution in [3.05, 3.63) is 29.6 Å². The second-order valence-corrected chi connectivity index (χ2v) is 5.23. The number of likely N-dealkylation sites (tertiary alicyclic amines) is 1. The van der Waals surface area contributed by atoms with Crippen molar-refractivity contribution in [3.63, 3.8) is 0 Å². The molecule has 0 amide bonds. The monoisotopic (exact) mass is 233 g/mol. The van der Waals surface area contributed by atoms with Crippen molar-refractivity contribution >= 4 is 0 Å². The fraction of sp³-hybridized carbons (Fsp3) is 0.643. The van der Waals surface area contributed by atoms with Crippen molar-refractivity contribution in [1.29, 1.82) is 0 Å². The van der Waals surface area contributed by atoms with E-state index in [1.54, 1.807) is 0 Å². The molecule has 2 N–H and O–H groups in total. The van der Waals surface area contributed by atoms with Crippen molar-refractivity contribution in [2.75, 3.05) is 13.1 Å². The minimum Gasteiger partial charge on any atom is -0.330 e. The van der Waals surface area contributed by atoms with Gasteiger partial charge in [-0.1, -0.05) is 6.07 Å². The van der Waals surface area contributed by atoms with Gasteiger partial charge >= 0.3 is 0 Å². The Labute approximate surface area is 104 Å². The van der Waals surface area contributed by atoms with Crippen molar-refractivity contribution in [3.8, 4) is 0 Å². The maximum absolute atomic E-state index is 5.79. The van der Waals surface area contributed by atoms with E-state index in [4.69, 9.17) is 5.73 Å². The lowest BCUT2D eigenvalue weighted by atomic mass is 9.93. The number of rotatable bonds is 3. The molecular weight excluding hydrogens is 210 g/mol. The summed E-state index contributed by atoms with van der Waals surface area (Å²) >= 11 is 0. The van der Waals surface area contributed by atoms with Gasteiger partial charge in [0, 0.05) is 24.8 Å². The van der Waals surface area contributed by atoms with Crippen LogP contribution in [0.1, 0.15) is 31.2 Å². The number of hydrogen-bond donors (Lipinski definition) is 1. The Morgan fingerprint density at radius 3 is 2.94 bits per heavy atom. The lowest BCUT2D eigenvalue weighted by Gasteiger charge is -2.37. The predicted molar refractivity (Wildman–Crippen MR) is 70.6 cm³/mol. The van der Waals surface area contributed by atoms with Gasteiger partial charge in [0.25, 0.3) is 0 Å². The molecule has 2 unspecified atom stereocenters. The molecule has 3 nitrogen and oxygen atoms in total. The van der Waals surface area contributed by atoms with Gasteiger partial charge in [0.2, 0.25) is 0 Å². The van der Waals surface area contributed by atoms with E-state index in [0.717, 1.165) is 25.3 Å². The van der Waals surface area contributed by atoms with Crippen LogP contribution in [-0.2, 0) is 6.54 Å². The number of pyridine rings is 1. The third kappa shape index (κ3) is 3.27. The van der Waals surface area contributed by atoms with Crippen molar-refractivity contribution in [1.82, 2.24) is 9.88 Å². The first-order valence-corrected chi connectivity index (χ1v) is 6.55. The van der Waals surface area contributed by atoms with Gasteiger partial charge in [-0.05, 0) is 51.3 Å². The number of piperidine rings is 1. The molecule has 94 valence electrons. The summed E-state index contributed by atoms with van der Waals surface area (Å²) in [5, 5.41) is 0. The zero-order valence-corrected chi connectivity index (χ0v) is 10.9. The Morgan fingerprint density at radius 2 is 2.24 bits per heavy atom. The highest BCUT2D eigenvalue weighted by Gasteiger charge is 2.24. The molecule has 0 aromatic carbocycles. The Balaban J connectivity index is 2.01. The summed E-state index contributed by atoms with van der Waals surface area (Å²) in [5.41, 5.74) is 8.06. The molecule has 0 spiro atoms. The molecule has 0 aliphatic carbocycles. The molecule has 17 heavy (non-hydrogen) atoms. The standard InChI is InChI=1S/C14H23N3/c1-11-4-3-5-14(16-11)10-17-9-13(8-15)7-6-12(17)2/h3-5,12-13H,6-10,15H2,1-2H3. The molecule has 2 heterocycles. The number of aryl methyl sites for hydroxylation is 1. The molecule has 1 aromatic rings. The van der Waals surface area contributed by atoms with Crippen LogP contribution in [0, 0.1) is 12.8 Å². The highest BCUT2D eigenvalue weighted by molar-refractivity contribution is 5.10. The van der Waals surface area contributed by atoms with Crippen LogP contribution in [0.5, 0.6) is 0 Å². The summed E-state index contributed by atoms with van der Waals surface area (Å²) in [6.07, 6.45) is 2.53. The van der Waals surface area contributed by atoms with Crippen LogP contribution in [0.4, 0.5) is 0 Å². The van der Waals surface area contributed by atoms with Gasteiger partial charge in [0.05, 0.1) is 5.69 Å². The first-order chi connectivity index (χ1) is 8.19. The second-order valence-electron chi connectivity index (χ2n) is 5.23. The first kappa shape index (κ1) is 12.5. The van der Waals surface area contributed by atoms with Gasteiger partial charge < -0.3 is 5.73 Å². The highest BCUT2D eigenvalue weighted by Crippen LogP contribution is 2.22. The smallest absolute Gasteiger partial charge is 0.0547 e. The number of nitrogens with zero attached hydrogens (tertiary/aromatic N) is 2. The lowest BCUT2D eigenvalue weighted by Crippen LogP contribution is -2.43. The van der Waals surface area contributed by atoms with Crippen LogP contribution in [-0.4, -0.2) is 29.0 Å². The molecule has 1 aliphatic rings. The molecule has 2 rings (SSSR count). The fourth-order valence-corrected chi connectivity index (χ4v) is 2.57. The van der Waals surface area contributed by atoms with E-state index in [-0.39, 0.29) is 0 Å². The molecular formula is C14H23N3. The maximum Gasteiger partial charge on any atom is 0.0547 e. The van der Waals surface area contributed by atoms with Gasteiger partial charge in [-0.15, -0.1) is 0 Å². The zero-order chi connectivity index (χ0) is 12.3. The molecule has 1 aliphatic heterocycles. The van der Waals surface area contributed by atoms with Gasteiger partial charge in [-0.2, -0.15) is 0 Å². The molecule has 1 aromatic heterocycles. The third-order valence-electron chi connectivity index (χ3n) is 3.75. The summed E-state index contributed by atoms with van der Waals surface area (Å²) in [5.74, 6) is 0.663. The predicted octanol–water partition coefficient (Wildman–Crippen LogP) is 1.95. The van der Waals surface area contributed by atoms with E-state index in [1.807, 2.05) is 13.0 Å². The Kier molecular flexibility index (Phi) is 4.13. The highest BCUT2D eigenvalue weighted by atomic mass is 15.2. The molecule has 3 heteroatoms. The number of nitrogens with two attached hydrogens (primary N) is 1. The number of aromatic nitrogens is 1. The van der Waals surface area contributed by atoms with E-state index in [9.17, 15) is 0 Å². The van der Waals surface area contributed by atoms with Gasteiger partial charge in [0.1, 0.15) is 0 Å². The van der Waals surface area contributed by atoms with Crippen molar-refractivity contribution < 1.29 is 0 Å². The van der Waals surface area contributed by atoms with Gasteiger partial charge in [-0.3, -0.25) is 9.88 Å². The first-order valence-electron chi connectivity index (χ1n) is 6.55. The van der Waals surface area contributed by atoms with Crippen LogP contribution in [0.2, 0.25) is 0 Å². The molecule has 0 bridgehead atoms. The molecule has 1 saturated heterocycles. The maximum atomic E-state index is 5.79. The molecule has 0 radical (unpaired) electrons. The third-order valence-corrected chi connectivity index (χ3v) is 3.75. The van der Waals surface area contributed by atoms with Crippen LogP contribution < -0.4 is 5.73 Å². The van der Waals surface area contributed by atoms with Crippen molar-refractivity contribution in [2.45, 2.75) is 39.3 Å². The number of hydrogen-bond acceptors (Lipinski definition) is 3. The summed E-state index contributed by atoms with van der Waals surface area (Å²) < 4.78 is 0. The van der Waals surface area contributed by atoms with E-state index >= 15 is 0 Å². The Bertz CT molecular complexity index is 364. The van der Waals surface area contributed by atoms with Crippen molar-refractivity contribution in [2.24, 2.45) is 11.7 Å². The quantitative estimate of drug-likeness (QED) is 0.867. The lowest BCUT2D eigenvalue weighted by molar-refractivity contribution is 0.112. The summed E-state index contributed by atoms with van der Waals surface area (Å²) in [6.45, 7) is 7.24. The zero-order valence-electron chi connectivity index (χ0n) is 10.9. The summed E-state index contributed by atoms with van der Waals surface area (Å²) in [4.78, 5) is 7.10. The van der Waals surface area contributed by atoms with Gasteiger partial charge in [-0.25, -0.2) is 0 Å². The van der Waals surface area contributed by atoms with Crippen LogP contribution >= 0.6 is 0 Å². The summed E-state index contributed by atoms with van der Waals surface area (Å²) in [6, 6.07) is 6.91. The minimum absolute atomic E-state index is 0.653. The van der Waals surface area contributed by atoms with Gasteiger partial charge in [0.15, 0.2) is 0 Å². The normalized spacial score (nSPS) is 26.1. The fourth-order valence-electron chi connectivity index (χ4n) is 2.57. The molecule has 0 saturated carbocycles. The average molecular weight is 233 g/mol. The van der Waals surface area contributed by atoms with E-state index < -0.39 is 0 Å². The largest absolute Gasteiger partial charge is 0.330 e. The SMILES string of the molecule is Cc1cccc(CN2CC(CN)CCC2C)n1. The van der Waals surface area contributed by atoms with Crippen LogP contribution in [0.3, 0.4) is 0 Å². The molecule has 1 fully saturated rings. The van der Waals surface area contributed by atoms with Crippen LogP contribution in [0.25, 0.3) is 0 Å². The Hall–Kier alpha value is -0.930.